The Hall–Kier alpha value is -1.57. The Labute approximate surface area is 154 Å². The molecule has 2 aromatic carbocycles. The first-order valence-electron chi connectivity index (χ1n) is 6.38. The molecule has 0 bridgehead atoms. The van der Waals surface area contributed by atoms with Gasteiger partial charge in [0.1, 0.15) is 5.75 Å². The molecule has 0 atom stereocenters. The standard InChI is InChI=1S/C15H11Br2ClN2O3/c16-10-4-5-13(12(17)7-10)23-8-14(21)19-20-15(22)9-2-1-3-11(18)6-9/h1-7H,8H2,(H,19,21)(H,20,22). The van der Waals surface area contributed by atoms with E-state index in [-0.39, 0.29) is 6.61 Å². The summed E-state index contributed by atoms with van der Waals surface area (Å²) in [7, 11) is 0. The predicted molar refractivity (Wildman–Crippen MR) is 94.4 cm³/mol. The van der Waals surface area contributed by atoms with E-state index < -0.39 is 11.8 Å². The molecule has 120 valence electrons. The van der Waals surface area contributed by atoms with Crippen LogP contribution < -0.4 is 15.6 Å². The number of amides is 2. The Kier molecular flexibility index (Phi) is 6.44. The van der Waals surface area contributed by atoms with Crippen molar-refractivity contribution in [2.45, 2.75) is 0 Å². The van der Waals surface area contributed by atoms with Gasteiger partial charge in [-0.3, -0.25) is 20.4 Å². The topological polar surface area (TPSA) is 67.4 Å². The first-order chi connectivity index (χ1) is 11.0. The molecule has 23 heavy (non-hydrogen) atoms. The van der Waals surface area contributed by atoms with Crippen LogP contribution in [0.3, 0.4) is 0 Å². The van der Waals surface area contributed by atoms with Crippen molar-refractivity contribution in [3.8, 4) is 5.75 Å². The van der Waals surface area contributed by atoms with Crippen LogP contribution in [0.4, 0.5) is 0 Å². The number of hydrazine groups is 1. The number of carbonyl (C=O) groups is 2. The molecular weight excluding hydrogens is 451 g/mol. The predicted octanol–water partition coefficient (Wildman–Crippen LogP) is 3.71. The fourth-order valence-corrected chi connectivity index (χ4v) is 2.95. The second-order valence-corrected chi connectivity index (χ2v) is 6.58. The minimum Gasteiger partial charge on any atom is -0.483 e. The molecule has 0 unspecified atom stereocenters. The van der Waals surface area contributed by atoms with E-state index in [9.17, 15) is 9.59 Å². The van der Waals surface area contributed by atoms with Gasteiger partial charge in [-0.15, -0.1) is 0 Å². The van der Waals surface area contributed by atoms with Gasteiger partial charge in [0, 0.05) is 15.1 Å². The van der Waals surface area contributed by atoms with Crippen LogP contribution in [0.2, 0.25) is 5.02 Å². The van der Waals surface area contributed by atoms with Crippen molar-refractivity contribution in [3.05, 3.63) is 62.0 Å². The van der Waals surface area contributed by atoms with Crippen LogP contribution >= 0.6 is 43.5 Å². The lowest BCUT2D eigenvalue weighted by atomic mass is 10.2. The van der Waals surface area contributed by atoms with Crippen molar-refractivity contribution in [2.75, 3.05) is 6.61 Å². The van der Waals surface area contributed by atoms with Crippen molar-refractivity contribution >= 4 is 55.3 Å². The SMILES string of the molecule is O=C(COc1ccc(Br)cc1Br)NNC(=O)c1cccc(Cl)c1. The molecule has 2 aromatic rings. The zero-order valence-corrected chi connectivity index (χ0v) is 15.5. The van der Waals surface area contributed by atoms with Gasteiger partial charge in [-0.25, -0.2) is 0 Å². The van der Waals surface area contributed by atoms with Gasteiger partial charge in [0.25, 0.3) is 11.8 Å². The lowest BCUT2D eigenvalue weighted by Gasteiger charge is -2.10. The molecule has 0 aliphatic heterocycles. The first-order valence-corrected chi connectivity index (χ1v) is 8.34. The summed E-state index contributed by atoms with van der Waals surface area (Å²) >= 11 is 12.5. The molecule has 0 radical (unpaired) electrons. The molecule has 8 heteroatoms. The molecule has 0 aromatic heterocycles. The summed E-state index contributed by atoms with van der Waals surface area (Å²) in [5.41, 5.74) is 4.90. The smallest absolute Gasteiger partial charge is 0.276 e. The van der Waals surface area contributed by atoms with Crippen LogP contribution in [0.15, 0.2) is 51.4 Å². The van der Waals surface area contributed by atoms with Crippen LogP contribution in [0.25, 0.3) is 0 Å². The average molecular weight is 463 g/mol. The maximum Gasteiger partial charge on any atom is 0.276 e. The number of hydrogen-bond donors (Lipinski definition) is 2. The summed E-state index contributed by atoms with van der Waals surface area (Å²) in [6.07, 6.45) is 0. The lowest BCUT2D eigenvalue weighted by molar-refractivity contribution is -0.123. The number of halogens is 3. The third-order valence-corrected chi connectivity index (χ3v) is 4.00. The van der Waals surface area contributed by atoms with E-state index in [2.05, 4.69) is 42.7 Å². The second-order valence-electron chi connectivity index (χ2n) is 4.38. The number of carbonyl (C=O) groups excluding carboxylic acids is 2. The summed E-state index contributed by atoms with van der Waals surface area (Å²) in [6, 6.07) is 11.7. The van der Waals surface area contributed by atoms with Crippen molar-refractivity contribution in [1.82, 2.24) is 10.9 Å². The Bertz CT molecular complexity index is 740. The van der Waals surface area contributed by atoms with Gasteiger partial charge in [0.05, 0.1) is 4.47 Å². The maximum atomic E-state index is 11.8. The van der Waals surface area contributed by atoms with Crippen molar-refractivity contribution in [1.29, 1.82) is 0 Å². The summed E-state index contributed by atoms with van der Waals surface area (Å²) in [4.78, 5) is 23.5. The van der Waals surface area contributed by atoms with E-state index in [0.717, 1.165) is 4.47 Å². The third-order valence-electron chi connectivity index (χ3n) is 2.65. The zero-order valence-electron chi connectivity index (χ0n) is 11.6. The molecule has 0 fully saturated rings. The maximum absolute atomic E-state index is 11.8. The van der Waals surface area contributed by atoms with Gasteiger partial charge in [-0.1, -0.05) is 33.6 Å². The van der Waals surface area contributed by atoms with E-state index in [1.165, 1.54) is 6.07 Å². The van der Waals surface area contributed by atoms with Gasteiger partial charge in [-0.2, -0.15) is 0 Å². The average Bonchev–Trinajstić information content (AvgIpc) is 2.51. The van der Waals surface area contributed by atoms with E-state index in [4.69, 9.17) is 16.3 Å². The highest BCUT2D eigenvalue weighted by Crippen LogP contribution is 2.28. The molecule has 0 heterocycles. The molecule has 0 saturated heterocycles. The van der Waals surface area contributed by atoms with Crippen molar-refractivity contribution in [3.63, 3.8) is 0 Å². The fraction of sp³-hybridized carbons (Fsp3) is 0.0667. The molecule has 2 amide bonds. The van der Waals surface area contributed by atoms with Gasteiger partial charge in [-0.05, 0) is 52.3 Å². The highest BCUT2D eigenvalue weighted by Gasteiger charge is 2.09. The summed E-state index contributed by atoms with van der Waals surface area (Å²) < 4.78 is 6.95. The van der Waals surface area contributed by atoms with E-state index in [1.807, 2.05) is 0 Å². The Balaban J connectivity index is 1.82. The second kappa shape index (κ2) is 8.33. The largest absolute Gasteiger partial charge is 0.483 e. The first kappa shape index (κ1) is 17.8. The quantitative estimate of drug-likeness (QED) is 0.681. The summed E-state index contributed by atoms with van der Waals surface area (Å²) in [6.45, 7) is -0.240. The molecule has 0 spiro atoms. The van der Waals surface area contributed by atoms with Gasteiger partial charge >= 0.3 is 0 Å². The van der Waals surface area contributed by atoms with Gasteiger partial charge in [0.2, 0.25) is 0 Å². The van der Waals surface area contributed by atoms with Crippen molar-refractivity contribution in [2.24, 2.45) is 0 Å². The third kappa shape index (κ3) is 5.53. The molecule has 0 saturated carbocycles. The number of rotatable bonds is 4. The Morgan fingerprint density at radius 2 is 1.87 bits per heavy atom. The zero-order chi connectivity index (χ0) is 16.8. The molecule has 2 N–H and O–H groups in total. The minimum absolute atomic E-state index is 0.240. The lowest BCUT2D eigenvalue weighted by Crippen LogP contribution is -2.43. The monoisotopic (exact) mass is 460 g/mol. The fourth-order valence-electron chi connectivity index (χ4n) is 1.60. The molecular formula is C15H11Br2ClN2O3. The Morgan fingerprint density at radius 3 is 2.57 bits per heavy atom. The van der Waals surface area contributed by atoms with Crippen LogP contribution in [0.1, 0.15) is 10.4 Å². The van der Waals surface area contributed by atoms with Crippen LogP contribution in [0.5, 0.6) is 5.75 Å². The number of nitrogens with one attached hydrogen (secondary N) is 2. The van der Waals surface area contributed by atoms with Crippen LogP contribution in [-0.2, 0) is 4.79 Å². The molecule has 2 rings (SSSR count). The highest BCUT2D eigenvalue weighted by atomic mass is 79.9. The normalized spacial score (nSPS) is 10.0. The molecule has 5 nitrogen and oxygen atoms in total. The van der Waals surface area contributed by atoms with E-state index in [0.29, 0.717) is 20.8 Å². The van der Waals surface area contributed by atoms with Crippen molar-refractivity contribution < 1.29 is 14.3 Å². The van der Waals surface area contributed by atoms with E-state index >= 15 is 0 Å². The molecule has 0 aliphatic carbocycles. The Morgan fingerprint density at radius 1 is 1.09 bits per heavy atom. The van der Waals surface area contributed by atoms with Gasteiger partial charge < -0.3 is 4.74 Å². The van der Waals surface area contributed by atoms with Crippen LogP contribution in [-0.4, -0.2) is 18.4 Å². The van der Waals surface area contributed by atoms with Crippen LogP contribution in [0, 0.1) is 0 Å². The summed E-state index contributed by atoms with van der Waals surface area (Å²) in [5, 5.41) is 0.437. The highest BCUT2D eigenvalue weighted by molar-refractivity contribution is 9.11. The molecule has 0 aliphatic rings. The number of ether oxygens (including phenoxy) is 1. The summed E-state index contributed by atoms with van der Waals surface area (Å²) in [5.74, 6) is -0.439. The van der Waals surface area contributed by atoms with E-state index in [1.54, 1.807) is 36.4 Å². The number of benzene rings is 2. The minimum atomic E-state index is -0.491. The number of hydrogen-bond acceptors (Lipinski definition) is 3. The van der Waals surface area contributed by atoms with Gasteiger partial charge in [0.15, 0.2) is 6.61 Å².